The fraction of sp³-hybridized carbons (Fsp3) is 0.333. The number of carbonyl (C=O) groups excluding carboxylic acids is 2. The second-order valence-electron chi connectivity index (χ2n) is 9.75. The molecule has 0 aromatic heterocycles. The van der Waals surface area contributed by atoms with Crippen molar-refractivity contribution < 1.29 is 22.7 Å². The number of sulfonamides is 1. The van der Waals surface area contributed by atoms with Gasteiger partial charge in [-0.25, -0.2) is 8.42 Å². The van der Waals surface area contributed by atoms with Crippen molar-refractivity contribution in [3.63, 3.8) is 0 Å². The first-order valence-electron chi connectivity index (χ1n) is 13.1. The van der Waals surface area contributed by atoms with Crippen molar-refractivity contribution in [3.8, 4) is 5.75 Å². The number of hydrogen-bond acceptors (Lipinski definition) is 5. The van der Waals surface area contributed by atoms with Gasteiger partial charge in [0.25, 0.3) is 10.0 Å². The highest BCUT2D eigenvalue weighted by molar-refractivity contribution is 9.10. The van der Waals surface area contributed by atoms with Crippen LogP contribution in [0.5, 0.6) is 5.75 Å². The predicted octanol–water partition coefficient (Wildman–Crippen LogP) is 5.95. The molecule has 0 aliphatic carbocycles. The summed E-state index contributed by atoms with van der Waals surface area (Å²) in [6, 6.07) is 17.3. The molecule has 220 valence electrons. The van der Waals surface area contributed by atoms with Crippen LogP contribution in [0, 0.1) is 6.92 Å². The van der Waals surface area contributed by atoms with Crippen molar-refractivity contribution in [1.82, 2.24) is 10.2 Å². The largest absolute Gasteiger partial charge is 0.496 e. The van der Waals surface area contributed by atoms with Crippen LogP contribution in [0.15, 0.2) is 76.1 Å². The van der Waals surface area contributed by atoms with Gasteiger partial charge >= 0.3 is 0 Å². The molecule has 0 saturated carbocycles. The number of hydrogen-bond donors (Lipinski definition) is 1. The number of ether oxygens (including phenoxy) is 1. The number of nitrogens with one attached hydrogen (secondary N) is 1. The molecular weight excluding hydrogens is 630 g/mol. The maximum atomic E-state index is 14.0. The molecule has 2 atom stereocenters. The van der Waals surface area contributed by atoms with Gasteiger partial charge in [-0.3, -0.25) is 13.9 Å². The van der Waals surface area contributed by atoms with Gasteiger partial charge in [-0.15, -0.1) is 0 Å². The van der Waals surface area contributed by atoms with E-state index < -0.39 is 28.5 Å². The zero-order chi connectivity index (χ0) is 30.3. The molecule has 0 bridgehead atoms. The lowest BCUT2D eigenvalue weighted by Gasteiger charge is -2.32. The maximum Gasteiger partial charge on any atom is 0.264 e. The maximum absolute atomic E-state index is 14.0. The molecule has 0 fully saturated rings. The molecule has 0 spiro atoms. The first-order chi connectivity index (χ1) is 19.4. The summed E-state index contributed by atoms with van der Waals surface area (Å²) >= 11 is 9.77. The third-order valence-electron chi connectivity index (χ3n) is 6.78. The number of benzene rings is 3. The summed E-state index contributed by atoms with van der Waals surface area (Å²) in [4.78, 5) is 28.5. The minimum absolute atomic E-state index is 0.0173. The van der Waals surface area contributed by atoms with Crippen LogP contribution < -0.4 is 14.4 Å². The van der Waals surface area contributed by atoms with E-state index in [9.17, 15) is 18.0 Å². The predicted molar refractivity (Wildman–Crippen MR) is 166 cm³/mol. The van der Waals surface area contributed by atoms with Gasteiger partial charge in [0, 0.05) is 17.6 Å². The number of amides is 2. The number of nitrogens with zero attached hydrogens (tertiary/aromatic N) is 2. The lowest BCUT2D eigenvalue weighted by molar-refractivity contribution is -0.139. The molecule has 0 heterocycles. The number of rotatable bonds is 12. The zero-order valence-corrected chi connectivity index (χ0v) is 26.9. The zero-order valence-electron chi connectivity index (χ0n) is 23.7. The number of halogens is 2. The van der Waals surface area contributed by atoms with Crippen LogP contribution in [-0.4, -0.2) is 50.9 Å². The Labute approximate surface area is 255 Å². The van der Waals surface area contributed by atoms with E-state index in [1.807, 2.05) is 20.8 Å². The lowest BCUT2D eigenvalue weighted by Crippen LogP contribution is -2.52. The van der Waals surface area contributed by atoms with Crippen LogP contribution in [0.25, 0.3) is 0 Å². The standard InChI is InChI=1S/C30H35BrClN3O5S/c1-6-21(3)33-30(37)22(4)34(18-23-9-7-8-10-27(23)32)29(36)19-35(24-13-11-20(2)12-14-24)41(38,39)25-15-16-28(40-5)26(31)17-25/h7-17,21-22H,6,18-19H2,1-5H3,(H,33,37)/t21-,22-/m1/s1. The third-order valence-corrected chi connectivity index (χ3v) is 9.54. The molecule has 11 heteroatoms. The van der Waals surface area contributed by atoms with Crippen molar-refractivity contribution in [2.75, 3.05) is 18.0 Å². The van der Waals surface area contributed by atoms with Gasteiger partial charge in [-0.1, -0.05) is 54.4 Å². The van der Waals surface area contributed by atoms with Gasteiger partial charge in [0.15, 0.2) is 0 Å². The first kappa shape index (κ1) is 32.4. The molecule has 41 heavy (non-hydrogen) atoms. The Morgan fingerprint density at radius 2 is 1.71 bits per heavy atom. The number of anilines is 1. The van der Waals surface area contributed by atoms with E-state index in [0.717, 1.165) is 9.87 Å². The van der Waals surface area contributed by atoms with E-state index in [0.29, 0.717) is 32.9 Å². The molecular formula is C30H35BrClN3O5S. The molecule has 0 saturated heterocycles. The van der Waals surface area contributed by atoms with Crippen molar-refractivity contribution in [3.05, 3.63) is 87.4 Å². The van der Waals surface area contributed by atoms with Crippen LogP contribution in [0.4, 0.5) is 5.69 Å². The first-order valence-corrected chi connectivity index (χ1v) is 15.8. The number of carbonyl (C=O) groups is 2. The van der Waals surface area contributed by atoms with Gasteiger partial charge in [0.1, 0.15) is 18.3 Å². The Morgan fingerprint density at radius 3 is 2.29 bits per heavy atom. The summed E-state index contributed by atoms with van der Waals surface area (Å²) in [5.41, 5.74) is 1.88. The summed E-state index contributed by atoms with van der Waals surface area (Å²) in [5.74, 6) is -0.439. The molecule has 2 amide bonds. The normalized spacial score (nSPS) is 12.8. The third kappa shape index (κ3) is 8.02. The quantitative estimate of drug-likeness (QED) is 0.258. The van der Waals surface area contributed by atoms with Gasteiger partial charge in [0.2, 0.25) is 11.8 Å². The summed E-state index contributed by atoms with van der Waals surface area (Å²) < 4.78 is 34.8. The van der Waals surface area contributed by atoms with Gasteiger partial charge in [0.05, 0.1) is 22.2 Å². The smallest absolute Gasteiger partial charge is 0.264 e. The average Bonchev–Trinajstić information content (AvgIpc) is 2.95. The van der Waals surface area contributed by atoms with Crippen LogP contribution in [0.2, 0.25) is 5.02 Å². The summed E-state index contributed by atoms with van der Waals surface area (Å²) in [6.45, 7) is 6.81. The lowest BCUT2D eigenvalue weighted by atomic mass is 10.1. The highest BCUT2D eigenvalue weighted by Crippen LogP contribution is 2.31. The molecule has 1 N–H and O–H groups in total. The Hall–Kier alpha value is -3.08. The Morgan fingerprint density at radius 1 is 1.05 bits per heavy atom. The molecule has 3 aromatic rings. The Kier molecular flexibility index (Phi) is 11.2. The highest BCUT2D eigenvalue weighted by atomic mass is 79.9. The SMILES string of the molecule is CC[C@@H](C)NC(=O)[C@@H](C)N(Cc1ccccc1Cl)C(=O)CN(c1ccc(C)cc1)S(=O)(=O)c1ccc(OC)c(Br)c1. The fourth-order valence-electron chi connectivity index (χ4n) is 4.03. The van der Waals surface area contributed by atoms with E-state index in [4.69, 9.17) is 16.3 Å². The van der Waals surface area contributed by atoms with Crippen LogP contribution in [0.3, 0.4) is 0 Å². The molecule has 3 rings (SSSR count). The molecule has 0 radical (unpaired) electrons. The van der Waals surface area contributed by atoms with Crippen molar-refractivity contribution in [1.29, 1.82) is 0 Å². The minimum Gasteiger partial charge on any atom is -0.496 e. The van der Waals surface area contributed by atoms with Crippen molar-refractivity contribution >= 4 is 55.1 Å². The highest BCUT2D eigenvalue weighted by Gasteiger charge is 2.33. The van der Waals surface area contributed by atoms with E-state index in [1.165, 1.54) is 30.2 Å². The molecule has 0 aliphatic rings. The average molecular weight is 665 g/mol. The molecule has 0 unspecified atom stereocenters. The number of aryl methyl sites for hydroxylation is 1. The molecule has 3 aromatic carbocycles. The van der Waals surface area contributed by atoms with Crippen molar-refractivity contribution in [2.24, 2.45) is 0 Å². The summed E-state index contributed by atoms with van der Waals surface area (Å²) in [5, 5.41) is 3.35. The Bertz CT molecular complexity index is 1480. The van der Waals surface area contributed by atoms with E-state index in [-0.39, 0.29) is 23.4 Å². The van der Waals surface area contributed by atoms with Crippen molar-refractivity contribution in [2.45, 2.75) is 57.6 Å². The molecule has 0 aliphatic heterocycles. The monoisotopic (exact) mass is 663 g/mol. The van der Waals surface area contributed by atoms with E-state index >= 15 is 0 Å². The van der Waals surface area contributed by atoms with E-state index in [2.05, 4.69) is 21.2 Å². The van der Waals surface area contributed by atoms with Crippen LogP contribution >= 0.6 is 27.5 Å². The summed E-state index contributed by atoms with van der Waals surface area (Å²) in [7, 11) is -2.74. The minimum atomic E-state index is -4.22. The topological polar surface area (TPSA) is 96.0 Å². The second kappa shape index (κ2) is 14.2. The Balaban J connectivity index is 2.06. The fourth-order valence-corrected chi connectivity index (χ4v) is 6.36. The number of methoxy groups -OCH3 is 1. The van der Waals surface area contributed by atoms with Crippen LogP contribution in [-0.2, 0) is 26.2 Å². The van der Waals surface area contributed by atoms with Crippen LogP contribution in [0.1, 0.15) is 38.3 Å². The van der Waals surface area contributed by atoms with E-state index in [1.54, 1.807) is 55.5 Å². The van der Waals surface area contributed by atoms with Gasteiger partial charge in [-0.2, -0.15) is 0 Å². The molecule has 8 nitrogen and oxygen atoms in total. The second-order valence-corrected chi connectivity index (χ2v) is 12.9. The van der Waals surface area contributed by atoms with Gasteiger partial charge < -0.3 is 15.0 Å². The summed E-state index contributed by atoms with van der Waals surface area (Å²) in [6.07, 6.45) is 0.716. The van der Waals surface area contributed by atoms with Gasteiger partial charge in [-0.05, 0) is 85.1 Å².